The van der Waals surface area contributed by atoms with E-state index in [2.05, 4.69) is 68.1 Å². The van der Waals surface area contributed by atoms with Gasteiger partial charge in [-0.05, 0) is 42.5 Å². The van der Waals surface area contributed by atoms with Gasteiger partial charge in [0.2, 0.25) is 0 Å². The number of hydrogen-bond donors (Lipinski definition) is 3. The maximum absolute atomic E-state index is 13.8. The van der Waals surface area contributed by atoms with Gasteiger partial charge in [0, 0.05) is 28.6 Å². The fourth-order valence-electron chi connectivity index (χ4n) is 6.42. The molecule has 1 fully saturated rings. The summed E-state index contributed by atoms with van der Waals surface area (Å²) < 4.78 is 0. The Labute approximate surface area is 313 Å². The number of aliphatic carboxylic acids is 1. The average molecular weight is 789 g/mol. The summed E-state index contributed by atoms with van der Waals surface area (Å²) in [5, 5.41) is 23.0. The Morgan fingerprint density at radius 3 is 2.08 bits per heavy atom. The van der Waals surface area contributed by atoms with Crippen molar-refractivity contribution in [1.29, 1.82) is 0 Å². The van der Waals surface area contributed by atoms with Crippen LogP contribution in [0.2, 0.25) is 0 Å². The maximum atomic E-state index is 13.8. The number of thioether (sulfide) groups is 1. The number of benzene rings is 3. The topological polar surface area (TPSA) is 133 Å². The Hall–Kier alpha value is -4.46. The number of fused-ring (bicyclic) bond motifs is 1. The summed E-state index contributed by atoms with van der Waals surface area (Å²) in [7, 11) is 1.35. The van der Waals surface area contributed by atoms with Crippen LogP contribution in [0.25, 0.3) is 0 Å². The molecule has 13 heteroatoms. The van der Waals surface area contributed by atoms with Gasteiger partial charge in [-0.25, -0.2) is 4.98 Å². The van der Waals surface area contributed by atoms with Gasteiger partial charge in [-0.15, -0.1) is 23.1 Å². The number of carboxylic acids is 1. The number of nitrogens with one attached hydrogen (secondary N) is 2. The summed E-state index contributed by atoms with van der Waals surface area (Å²) in [5.41, 5.74) is 3.08. The summed E-state index contributed by atoms with van der Waals surface area (Å²) in [6.45, 7) is 3.31. The van der Waals surface area contributed by atoms with Crippen LogP contribution in [-0.4, -0.2) is 68.1 Å². The molecule has 3 heterocycles. The van der Waals surface area contributed by atoms with E-state index in [1.807, 2.05) is 54.6 Å². The second kappa shape index (κ2) is 15.4. The van der Waals surface area contributed by atoms with E-state index < -0.39 is 28.9 Å². The van der Waals surface area contributed by atoms with Crippen LogP contribution >= 0.6 is 39.0 Å². The number of β-lactam (4-membered cyclic amide) rings is 1. The van der Waals surface area contributed by atoms with Gasteiger partial charge in [0.15, 0.2) is 10.8 Å². The first-order valence-corrected chi connectivity index (χ1v) is 19.4. The molecule has 0 saturated carbocycles. The zero-order valence-corrected chi connectivity index (χ0v) is 31.6. The van der Waals surface area contributed by atoms with E-state index in [0.29, 0.717) is 22.6 Å². The van der Waals surface area contributed by atoms with Crippen LogP contribution in [0.1, 0.15) is 49.1 Å². The van der Waals surface area contributed by atoms with Crippen molar-refractivity contribution in [2.24, 2.45) is 10.6 Å². The number of carboxylic acid groups (broad SMARTS) is 1. The summed E-state index contributed by atoms with van der Waals surface area (Å²) in [5.74, 6) is -1.20. The largest absolute Gasteiger partial charge is 0.481 e. The highest BCUT2D eigenvalue weighted by atomic mass is 79.9. The Bertz CT molecular complexity index is 1860. The van der Waals surface area contributed by atoms with Crippen molar-refractivity contribution >= 4 is 67.7 Å². The number of hydrogen-bond acceptors (Lipinski definition) is 9. The molecule has 1 saturated heterocycles. The Balaban J connectivity index is 1.27. The highest BCUT2D eigenvalue weighted by Gasteiger charge is 2.53. The lowest BCUT2D eigenvalue weighted by atomic mass is 9.77. The van der Waals surface area contributed by atoms with Gasteiger partial charge in [-0.1, -0.05) is 112 Å². The smallest absolute Gasteiger partial charge is 0.309 e. The molecule has 3 aromatic carbocycles. The minimum absolute atomic E-state index is 0.0682. The number of carbonyl (C=O) groups is 3. The number of alkyl halides is 1. The molecule has 10 nitrogen and oxygen atoms in total. The maximum Gasteiger partial charge on any atom is 0.309 e. The van der Waals surface area contributed by atoms with Crippen molar-refractivity contribution in [3.8, 4) is 0 Å². The molecule has 2 aliphatic heterocycles. The van der Waals surface area contributed by atoms with Crippen molar-refractivity contribution in [3.05, 3.63) is 130 Å². The SMILES string of the molecule is CON=C(C(=O)NC1C(=O)N2C(CC(C)(C)C(=O)O)=C(CCBr)CS[C@@H]12)c1csc(NC(c2ccccc2)(c2ccccc2)c2ccccc2)n1. The van der Waals surface area contributed by atoms with Crippen LogP contribution < -0.4 is 10.6 Å². The molecule has 6 rings (SSSR count). The third-order valence-electron chi connectivity index (χ3n) is 9.10. The van der Waals surface area contributed by atoms with E-state index in [4.69, 9.17) is 9.82 Å². The van der Waals surface area contributed by atoms with Crippen molar-refractivity contribution in [3.63, 3.8) is 0 Å². The zero-order valence-electron chi connectivity index (χ0n) is 28.3. The average Bonchev–Trinajstić information content (AvgIpc) is 3.61. The zero-order chi connectivity index (χ0) is 36.2. The molecule has 3 N–H and O–H groups in total. The van der Waals surface area contributed by atoms with E-state index in [1.54, 1.807) is 35.9 Å². The number of carbonyl (C=O) groups excluding carboxylic acids is 2. The van der Waals surface area contributed by atoms with Crippen molar-refractivity contribution in [2.75, 3.05) is 23.5 Å². The van der Waals surface area contributed by atoms with Gasteiger partial charge in [-0.2, -0.15) is 0 Å². The van der Waals surface area contributed by atoms with E-state index >= 15 is 0 Å². The first kappa shape index (κ1) is 36.3. The highest BCUT2D eigenvalue weighted by Crippen LogP contribution is 2.45. The van der Waals surface area contributed by atoms with E-state index in [-0.39, 0.29) is 29.1 Å². The summed E-state index contributed by atoms with van der Waals surface area (Å²) in [4.78, 5) is 51.0. The lowest BCUT2D eigenvalue weighted by Crippen LogP contribution is -2.70. The molecule has 0 radical (unpaired) electrons. The second-order valence-electron chi connectivity index (χ2n) is 12.8. The predicted molar refractivity (Wildman–Crippen MR) is 205 cm³/mol. The number of nitrogens with zero attached hydrogens (tertiary/aromatic N) is 3. The third kappa shape index (κ3) is 7.19. The Morgan fingerprint density at radius 2 is 1.57 bits per heavy atom. The molecule has 1 aromatic heterocycles. The molecule has 0 bridgehead atoms. The quantitative estimate of drug-likeness (QED) is 0.0417. The van der Waals surface area contributed by atoms with Crippen LogP contribution in [-0.2, 0) is 24.8 Å². The lowest BCUT2D eigenvalue weighted by Gasteiger charge is -2.51. The first-order chi connectivity index (χ1) is 24.6. The van der Waals surface area contributed by atoms with Crippen LogP contribution in [0.15, 0.2) is 113 Å². The van der Waals surface area contributed by atoms with Gasteiger partial charge in [0.05, 0.1) is 5.41 Å². The molecule has 1 unspecified atom stereocenters. The standard InChI is InChI=1S/C38H38BrN5O5S2/c1-37(2,35(47)48)21-29-24(19-20-39)22-50-34-31(33(46)44(29)34)41-32(45)30(43-49-3)28-23-51-36(40-28)42-38(25-13-7-4-8-14-25,26-15-9-5-10-16-26)27-17-11-6-12-18-27/h4-18,23,31,34H,19-22H2,1-3H3,(H,40,42)(H,41,45)(H,47,48)/t31?,34-/m0/s1. The summed E-state index contributed by atoms with van der Waals surface area (Å²) in [6.07, 6.45) is 0.895. The number of halogens is 1. The van der Waals surface area contributed by atoms with Crippen LogP contribution in [0, 0.1) is 5.41 Å². The van der Waals surface area contributed by atoms with E-state index in [9.17, 15) is 19.5 Å². The van der Waals surface area contributed by atoms with E-state index in [1.165, 1.54) is 18.4 Å². The molecular formula is C38H38BrN5O5S2. The van der Waals surface area contributed by atoms with Gasteiger partial charge < -0.3 is 20.6 Å². The van der Waals surface area contributed by atoms with Gasteiger partial charge in [0.1, 0.15) is 29.8 Å². The number of aromatic nitrogens is 1. The fourth-order valence-corrected chi connectivity index (χ4v) is 9.09. The van der Waals surface area contributed by atoms with Crippen molar-refractivity contribution in [1.82, 2.24) is 15.2 Å². The first-order valence-electron chi connectivity index (χ1n) is 16.4. The third-order valence-corrected chi connectivity index (χ3v) is 11.6. The van der Waals surface area contributed by atoms with Crippen molar-refractivity contribution < 1.29 is 24.3 Å². The van der Waals surface area contributed by atoms with Crippen LogP contribution in [0.5, 0.6) is 0 Å². The molecule has 2 amide bonds. The number of anilines is 1. The number of allylic oxidation sites excluding steroid dienone is 1. The molecule has 264 valence electrons. The lowest BCUT2D eigenvalue weighted by molar-refractivity contribution is -0.149. The fraction of sp³-hybridized carbons (Fsp3) is 0.289. The molecule has 4 aromatic rings. The predicted octanol–water partition coefficient (Wildman–Crippen LogP) is 6.84. The molecular weight excluding hydrogens is 750 g/mol. The monoisotopic (exact) mass is 787 g/mol. The number of rotatable bonds is 14. The number of amides is 2. The Kier molecular flexibility index (Phi) is 11.0. The number of oxime groups is 1. The minimum atomic E-state index is -1.07. The second-order valence-corrected chi connectivity index (χ2v) is 15.6. The van der Waals surface area contributed by atoms with Gasteiger partial charge >= 0.3 is 5.97 Å². The van der Waals surface area contributed by atoms with Gasteiger partial charge in [-0.3, -0.25) is 19.3 Å². The molecule has 0 spiro atoms. The molecule has 2 atom stereocenters. The molecule has 2 aliphatic rings. The van der Waals surface area contributed by atoms with Crippen LogP contribution in [0.3, 0.4) is 0 Å². The van der Waals surface area contributed by atoms with E-state index in [0.717, 1.165) is 28.0 Å². The summed E-state index contributed by atoms with van der Waals surface area (Å²) >= 11 is 6.36. The van der Waals surface area contributed by atoms with Crippen molar-refractivity contribution in [2.45, 2.75) is 43.6 Å². The Morgan fingerprint density at radius 1 is 1.00 bits per heavy atom. The minimum Gasteiger partial charge on any atom is -0.481 e. The van der Waals surface area contributed by atoms with Gasteiger partial charge in [0.25, 0.3) is 11.8 Å². The molecule has 0 aliphatic carbocycles. The summed E-state index contributed by atoms with van der Waals surface area (Å²) in [6, 6.07) is 29.5. The van der Waals surface area contributed by atoms with Crippen LogP contribution in [0.4, 0.5) is 5.13 Å². The molecule has 51 heavy (non-hydrogen) atoms. The normalized spacial score (nSPS) is 17.8. The highest BCUT2D eigenvalue weighted by molar-refractivity contribution is 9.09. The number of thiazole rings is 1.